The zero-order valence-corrected chi connectivity index (χ0v) is 18.3. The molecule has 0 saturated carbocycles. The van der Waals surface area contributed by atoms with Crippen LogP contribution in [0.1, 0.15) is 18.9 Å². The Balaban J connectivity index is 1.93. The van der Waals surface area contributed by atoms with Gasteiger partial charge in [0.25, 0.3) is 0 Å². The molecule has 3 rings (SSSR count). The van der Waals surface area contributed by atoms with Gasteiger partial charge in [-0.3, -0.25) is 9.47 Å². The van der Waals surface area contributed by atoms with Crippen LogP contribution < -0.4 is 0 Å². The summed E-state index contributed by atoms with van der Waals surface area (Å²) in [5.41, 5.74) is 2.16. The quantitative estimate of drug-likeness (QED) is 0.607. The highest BCUT2D eigenvalue weighted by Gasteiger charge is 2.32. The van der Waals surface area contributed by atoms with Gasteiger partial charge >= 0.3 is 0 Å². The summed E-state index contributed by atoms with van der Waals surface area (Å²) < 4.78 is 33.4. The average molecular weight is 425 g/mol. The van der Waals surface area contributed by atoms with Crippen molar-refractivity contribution >= 4 is 22.1 Å². The predicted octanol–water partition coefficient (Wildman–Crippen LogP) is 2.50. The van der Waals surface area contributed by atoms with Crippen molar-refractivity contribution in [3.63, 3.8) is 0 Å². The zero-order chi connectivity index (χ0) is 20.3. The first-order valence-electron chi connectivity index (χ1n) is 9.52. The van der Waals surface area contributed by atoms with Crippen LogP contribution in [-0.4, -0.2) is 65.5 Å². The average Bonchev–Trinajstić information content (AvgIpc) is 3.17. The normalized spacial score (nSPS) is 18.8. The maximum absolute atomic E-state index is 11.9. The van der Waals surface area contributed by atoms with E-state index in [2.05, 4.69) is 11.0 Å². The lowest BCUT2D eigenvalue weighted by molar-refractivity contribution is 0.162. The minimum Gasteiger partial charge on any atom is -0.383 e. The van der Waals surface area contributed by atoms with E-state index in [9.17, 15) is 8.42 Å². The molecule has 1 saturated heterocycles. The van der Waals surface area contributed by atoms with Crippen LogP contribution in [0.25, 0.3) is 11.4 Å². The third-order valence-corrected chi connectivity index (χ3v) is 7.35. The molecule has 28 heavy (non-hydrogen) atoms. The fourth-order valence-corrected chi connectivity index (χ4v) is 5.66. The molecule has 0 amide bonds. The summed E-state index contributed by atoms with van der Waals surface area (Å²) in [6.45, 7) is 6.46. The lowest BCUT2D eigenvalue weighted by atomic mass is 10.1. The van der Waals surface area contributed by atoms with Gasteiger partial charge in [-0.05, 0) is 38.2 Å². The Hall–Kier alpha value is -1.55. The van der Waals surface area contributed by atoms with Crippen molar-refractivity contribution in [2.24, 2.45) is 0 Å². The van der Waals surface area contributed by atoms with Crippen LogP contribution >= 0.6 is 12.2 Å². The second kappa shape index (κ2) is 8.86. The lowest BCUT2D eigenvalue weighted by Gasteiger charge is -2.26. The maximum Gasteiger partial charge on any atom is 0.199 e. The van der Waals surface area contributed by atoms with Crippen molar-refractivity contribution in [2.45, 2.75) is 39.5 Å². The van der Waals surface area contributed by atoms with E-state index >= 15 is 0 Å². The molecule has 1 atom stereocenters. The van der Waals surface area contributed by atoms with Crippen LogP contribution in [0.2, 0.25) is 0 Å². The fourth-order valence-electron chi connectivity index (χ4n) is 3.62. The van der Waals surface area contributed by atoms with Crippen molar-refractivity contribution in [3.05, 3.63) is 34.6 Å². The molecule has 2 aromatic rings. The Morgan fingerprint density at radius 3 is 2.79 bits per heavy atom. The summed E-state index contributed by atoms with van der Waals surface area (Å²) >= 11 is 5.71. The molecule has 9 heteroatoms. The number of nitrogens with zero attached hydrogens (tertiary/aromatic N) is 4. The molecule has 1 aliphatic rings. The van der Waals surface area contributed by atoms with Gasteiger partial charge in [0.1, 0.15) is 0 Å². The molecule has 1 fully saturated rings. The van der Waals surface area contributed by atoms with E-state index in [-0.39, 0.29) is 17.5 Å². The van der Waals surface area contributed by atoms with Crippen molar-refractivity contribution in [1.29, 1.82) is 0 Å². The Labute approximate surface area is 171 Å². The van der Waals surface area contributed by atoms with Gasteiger partial charge in [-0.15, -0.1) is 0 Å². The summed E-state index contributed by atoms with van der Waals surface area (Å²) in [5.74, 6) is 1.28. The Morgan fingerprint density at radius 1 is 1.39 bits per heavy atom. The van der Waals surface area contributed by atoms with Gasteiger partial charge in [-0.1, -0.05) is 30.7 Å². The highest BCUT2D eigenvalue weighted by Crippen LogP contribution is 2.22. The standard InChI is InChI=1S/C19H28N4O3S2/c1-4-21(17-8-11-28(24,25)13-17)14-23-19(27)22(9-10-26-3)18(20-23)16-7-5-6-15(2)12-16/h5-7,12,17H,4,8-11,13-14H2,1-3H3/t17-/m0/s1. The Morgan fingerprint density at radius 2 is 2.18 bits per heavy atom. The van der Waals surface area contributed by atoms with Gasteiger partial charge in [0.05, 0.1) is 31.3 Å². The monoisotopic (exact) mass is 424 g/mol. The number of hydrogen-bond donors (Lipinski definition) is 0. The summed E-state index contributed by atoms with van der Waals surface area (Å²) in [6, 6.07) is 8.19. The largest absolute Gasteiger partial charge is 0.383 e. The molecule has 1 aliphatic heterocycles. The van der Waals surface area contributed by atoms with E-state index in [4.69, 9.17) is 22.1 Å². The first-order chi connectivity index (χ1) is 13.3. The van der Waals surface area contributed by atoms with Crippen LogP contribution in [0.4, 0.5) is 0 Å². The van der Waals surface area contributed by atoms with Gasteiger partial charge in [0, 0.05) is 18.7 Å². The van der Waals surface area contributed by atoms with Crippen LogP contribution in [0.3, 0.4) is 0 Å². The molecule has 2 heterocycles. The Bertz CT molecular complexity index is 981. The van der Waals surface area contributed by atoms with Crippen LogP contribution in [0, 0.1) is 11.7 Å². The highest BCUT2D eigenvalue weighted by molar-refractivity contribution is 7.91. The van der Waals surface area contributed by atoms with Gasteiger partial charge in [0.2, 0.25) is 0 Å². The predicted molar refractivity (Wildman–Crippen MR) is 113 cm³/mol. The molecule has 154 valence electrons. The molecule has 0 spiro atoms. The fraction of sp³-hybridized carbons (Fsp3) is 0.579. The molecule has 1 aromatic carbocycles. The first-order valence-corrected chi connectivity index (χ1v) is 11.8. The van der Waals surface area contributed by atoms with E-state index in [0.717, 1.165) is 23.5 Å². The molecule has 7 nitrogen and oxygen atoms in total. The number of aryl methyl sites for hydroxylation is 1. The molecule has 0 N–H and O–H groups in total. The smallest absolute Gasteiger partial charge is 0.199 e. The van der Waals surface area contributed by atoms with E-state index in [1.165, 1.54) is 0 Å². The summed E-state index contributed by atoms with van der Waals surface area (Å²) in [6.07, 6.45) is 0.665. The van der Waals surface area contributed by atoms with Gasteiger partial charge in [-0.2, -0.15) is 5.10 Å². The van der Waals surface area contributed by atoms with E-state index in [1.807, 2.05) is 36.6 Å². The van der Waals surface area contributed by atoms with Crippen LogP contribution in [-0.2, 0) is 27.8 Å². The van der Waals surface area contributed by atoms with Gasteiger partial charge in [-0.25, -0.2) is 13.1 Å². The number of methoxy groups -OCH3 is 1. The molecule has 0 radical (unpaired) electrons. The molecule has 0 aliphatic carbocycles. The number of aromatic nitrogens is 3. The molecular weight excluding hydrogens is 396 g/mol. The van der Waals surface area contributed by atoms with E-state index in [1.54, 1.807) is 11.8 Å². The molecule has 0 unspecified atom stereocenters. The number of rotatable bonds is 8. The SMILES string of the molecule is CCN(Cn1nc(-c2cccc(C)c2)n(CCOC)c1=S)[C@H]1CCS(=O)(=O)C1. The van der Waals surface area contributed by atoms with E-state index in [0.29, 0.717) is 31.0 Å². The third-order valence-electron chi connectivity index (χ3n) is 5.16. The number of hydrogen-bond acceptors (Lipinski definition) is 6. The van der Waals surface area contributed by atoms with Crippen LogP contribution in [0.15, 0.2) is 24.3 Å². The second-order valence-corrected chi connectivity index (χ2v) is 9.82. The van der Waals surface area contributed by atoms with Gasteiger partial charge in [0.15, 0.2) is 20.4 Å². The van der Waals surface area contributed by atoms with Crippen molar-refractivity contribution in [1.82, 2.24) is 19.2 Å². The lowest BCUT2D eigenvalue weighted by Crippen LogP contribution is -2.37. The van der Waals surface area contributed by atoms with Gasteiger partial charge < -0.3 is 4.74 Å². The molecule has 0 bridgehead atoms. The summed E-state index contributed by atoms with van der Waals surface area (Å²) in [4.78, 5) is 2.15. The molecular formula is C19H28N4O3S2. The Kier molecular flexibility index (Phi) is 6.69. The summed E-state index contributed by atoms with van der Waals surface area (Å²) in [7, 11) is -1.27. The van der Waals surface area contributed by atoms with E-state index < -0.39 is 9.84 Å². The minimum atomic E-state index is -2.93. The minimum absolute atomic E-state index is 0.0171. The van der Waals surface area contributed by atoms with Crippen molar-refractivity contribution in [3.8, 4) is 11.4 Å². The number of sulfone groups is 1. The number of benzene rings is 1. The molecule has 1 aromatic heterocycles. The topological polar surface area (TPSA) is 69.4 Å². The highest BCUT2D eigenvalue weighted by atomic mass is 32.2. The second-order valence-electron chi connectivity index (χ2n) is 7.22. The van der Waals surface area contributed by atoms with Crippen molar-refractivity contribution in [2.75, 3.05) is 31.8 Å². The summed E-state index contributed by atoms with van der Waals surface area (Å²) in [5, 5.41) is 4.80. The zero-order valence-electron chi connectivity index (χ0n) is 16.7. The third kappa shape index (κ3) is 4.71. The first kappa shape index (κ1) is 21.2. The number of ether oxygens (including phenoxy) is 1. The maximum atomic E-state index is 11.9. The van der Waals surface area contributed by atoms with Crippen molar-refractivity contribution < 1.29 is 13.2 Å². The van der Waals surface area contributed by atoms with Crippen LogP contribution in [0.5, 0.6) is 0 Å².